The lowest BCUT2D eigenvalue weighted by Crippen LogP contribution is -2.17. The fraction of sp³-hybridized carbons (Fsp3) is 0.167. The molecule has 1 aromatic heterocycles. The van der Waals surface area contributed by atoms with Gasteiger partial charge in [-0.15, -0.1) is 0 Å². The van der Waals surface area contributed by atoms with Crippen molar-refractivity contribution in [1.29, 1.82) is 0 Å². The van der Waals surface area contributed by atoms with Crippen LogP contribution in [0.5, 0.6) is 0 Å². The van der Waals surface area contributed by atoms with E-state index in [4.69, 9.17) is 5.11 Å². The van der Waals surface area contributed by atoms with E-state index in [0.717, 1.165) is 0 Å². The molecule has 9 heteroatoms. The number of carbonyl (C=O) groups is 1. The number of carboxylic acid groups (broad SMARTS) is 1. The molecule has 0 fully saturated rings. The van der Waals surface area contributed by atoms with Gasteiger partial charge >= 0.3 is 5.97 Å². The number of benzene rings is 1. The van der Waals surface area contributed by atoms with Crippen LogP contribution in [0.15, 0.2) is 27.6 Å². The summed E-state index contributed by atoms with van der Waals surface area (Å²) in [5, 5.41) is 15.6. The molecule has 3 N–H and O–H groups in total. The number of para-hydroxylation sites is 1. The summed E-state index contributed by atoms with van der Waals surface area (Å²) in [5.41, 5.74) is 0.518. The smallest absolute Gasteiger partial charge is 0.337 e. The Balaban J connectivity index is 2.55. The van der Waals surface area contributed by atoms with Crippen LogP contribution < -0.4 is 4.72 Å². The molecule has 21 heavy (non-hydrogen) atoms. The number of halogens is 1. The van der Waals surface area contributed by atoms with Crippen molar-refractivity contribution in [3.8, 4) is 0 Å². The van der Waals surface area contributed by atoms with E-state index in [0.29, 0.717) is 15.9 Å². The van der Waals surface area contributed by atoms with Gasteiger partial charge in [0.1, 0.15) is 4.90 Å². The normalized spacial score (nSPS) is 11.4. The van der Waals surface area contributed by atoms with Crippen molar-refractivity contribution in [2.75, 3.05) is 4.72 Å². The Kier molecular flexibility index (Phi) is 4.06. The topological polar surface area (TPSA) is 112 Å². The molecule has 0 aliphatic heterocycles. The van der Waals surface area contributed by atoms with Crippen molar-refractivity contribution in [3.05, 3.63) is 39.6 Å². The third kappa shape index (κ3) is 2.93. The Labute approximate surface area is 129 Å². The molecule has 2 aromatic rings. The molecule has 0 saturated carbocycles. The Morgan fingerprint density at radius 1 is 1.38 bits per heavy atom. The summed E-state index contributed by atoms with van der Waals surface area (Å²) < 4.78 is 27.5. The Morgan fingerprint density at radius 3 is 2.57 bits per heavy atom. The quantitative estimate of drug-likeness (QED) is 0.760. The Morgan fingerprint density at radius 2 is 2.05 bits per heavy atom. The molecule has 0 aliphatic carbocycles. The van der Waals surface area contributed by atoms with Gasteiger partial charge < -0.3 is 5.11 Å². The number of anilines is 1. The monoisotopic (exact) mass is 373 g/mol. The molecule has 112 valence electrons. The number of aryl methyl sites for hydroxylation is 2. The van der Waals surface area contributed by atoms with Gasteiger partial charge in [-0.3, -0.25) is 9.82 Å². The maximum Gasteiger partial charge on any atom is 0.337 e. The van der Waals surface area contributed by atoms with E-state index in [2.05, 4.69) is 30.8 Å². The highest BCUT2D eigenvalue weighted by Gasteiger charge is 2.25. The number of nitrogens with zero attached hydrogens (tertiary/aromatic N) is 1. The van der Waals surface area contributed by atoms with E-state index < -0.39 is 16.0 Å². The largest absolute Gasteiger partial charge is 0.478 e. The zero-order valence-electron chi connectivity index (χ0n) is 11.1. The average molecular weight is 374 g/mol. The van der Waals surface area contributed by atoms with Crippen LogP contribution in [0.1, 0.15) is 21.7 Å². The van der Waals surface area contributed by atoms with Gasteiger partial charge in [-0.2, -0.15) is 5.10 Å². The Hall–Kier alpha value is -1.87. The molecular formula is C12H12BrN3O4S. The van der Waals surface area contributed by atoms with E-state index in [1.807, 2.05) is 0 Å². The highest BCUT2D eigenvalue weighted by molar-refractivity contribution is 9.10. The number of rotatable bonds is 4. The second-order valence-corrected chi connectivity index (χ2v) is 6.81. The number of hydrogen-bond donors (Lipinski definition) is 3. The van der Waals surface area contributed by atoms with Crippen molar-refractivity contribution in [3.63, 3.8) is 0 Å². The number of aromatic carboxylic acids is 1. The predicted molar refractivity (Wildman–Crippen MR) is 80.0 cm³/mol. The average Bonchev–Trinajstić information content (AvgIpc) is 2.71. The number of hydrogen-bond acceptors (Lipinski definition) is 4. The molecule has 2 rings (SSSR count). The van der Waals surface area contributed by atoms with E-state index in [-0.39, 0.29) is 16.1 Å². The number of aromatic amines is 1. The molecule has 0 aliphatic rings. The fourth-order valence-electron chi connectivity index (χ4n) is 1.93. The number of carboxylic acids is 1. The third-order valence-electron chi connectivity index (χ3n) is 2.81. The number of aromatic nitrogens is 2. The van der Waals surface area contributed by atoms with Crippen molar-refractivity contribution >= 4 is 37.6 Å². The highest BCUT2D eigenvalue weighted by atomic mass is 79.9. The Bertz CT molecular complexity index is 794. The zero-order chi connectivity index (χ0) is 15.8. The highest BCUT2D eigenvalue weighted by Crippen LogP contribution is 2.30. The van der Waals surface area contributed by atoms with E-state index >= 15 is 0 Å². The van der Waals surface area contributed by atoms with Gasteiger partial charge in [0.15, 0.2) is 0 Å². The molecule has 0 radical (unpaired) electrons. The minimum Gasteiger partial charge on any atom is -0.478 e. The lowest BCUT2D eigenvalue weighted by Gasteiger charge is -2.12. The zero-order valence-corrected chi connectivity index (χ0v) is 13.5. The van der Waals surface area contributed by atoms with Gasteiger partial charge in [0.05, 0.1) is 22.6 Å². The summed E-state index contributed by atoms with van der Waals surface area (Å²) in [6, 6.07) is 4.39. The number of sulfonamides is 1. The molecule has 1 heterocycles. The third-order valence-corrected chi connectivity index (χ3v) is 5.08. The minimum absolute atomic E-state index is 0.00888. The molecule has 0 saturated heterocycles. The first-order chi connectivity index (χ1) is 9.74. The lowest BCUT2D eigenvalue weighted by atomic mass is 10.2. The van der Waals surface area contributed by atoms with Gasteiger partial charge in [-0.25, -0.2) is 13.2 Å². The molecule has 7 nitrogen and oxygen atoms in total. The van der Waals surface area contributed by atoms with Crippen LogP contribution in [-0.4, -0.2) is 29.7 Å². The van der Waals surface area contributed by atoms with E-state index in [9.17, 15) is 13.2 Å². The van der Waals surface area contributed by atoms with Gasteiger partial charge in [0, 0.05) is 4.47 Å². The van der Waals surface area contributed by atoms with Gasteiger partial charge in [0.25, 0.3) is 10.0 Å². The first kappa shape index (κ1) is 15.5. The van der Waals surface area contributed by atoms with Crippen molar-refractivity contribution in [2.24, 2.45) is 0 Å². The molecule has 0 unspecified atom stereocenters. The summed E-state index contributed by atoms with van der Waals surface area (Å²) >= 11 is 3.15. The summed E-state index contributed by atoms with van der Waals surface area (Å²) in [4.78, 5) is 11.2. The second kappa shape index (κ2) is 5.49. The van der Waals surface area contributed by atoms with Crippen LogP contribution in [0, 0.1) is 13.8 Å². The summed E-state index contributed by atoms with van der Waals surface area (Å²) in [5.74, 6) is -1.23. The minimum atomic E-state index is -3.95. The van der Waals surface area contributed by atoms with Crippen LogP contribution in [0.2, 0.25) is 0 Å². The second-order valence-electron chi connectivity index (χ2n) is 4.34. The number of nitrogens with one attached hydrogen (secondary N) is 2. The summed E-state index contributed by atoms with van der Waals surface area (Å²) in [6.07, 6.45) is 0. The molecular weight excluding hydrogens is 362 g/mol. The molecule has 0 amide bonds. The maximum atomic E-state index is 12.4. The van der Waals surface area contributed by atoms with Crippen LogP contribution in [-0.2, 0) is 10.0 Å². The van der Waals surface area contributed by atoms with Gasteiger partial charge in [-0.05, 0) is 41.9 Å². The van der Waals surface area contributed by atoms with Crippen LogP contribution in [0.4, 0.5) is 5.69 Å². The first-order valence-corrected chi connectivity index (χ1v) is 8.08. The summed E-state index contributed by atoms with van der Waals surface area (Å²) in [7, 11) is -3.95. The van der Waals surface area contributed by atoms with Crippen LogP contribution in [0.25, 0.3) is 0 Å². The molecule has 0 atom stereocenters. The van der Waals surface area contributed by atoms with Gasteiger partial charge in [0.2, 0.25) is 0 Å². The van der Waals surface area contributed by atoms with Gasteiger partial charge in [-0.1, -0.05) is 6.07 Å². The molecule has 1 aromatic carbocycles. The lowest BCUT2D eigenvalue weighted by molar-refractivity contribution is 0.0698. The molecule has 0 bridgehead atoms. The molecule has 0 spiro atoms. The van der Waals surface area contributed by atoms with Crippen molar-refractivity contribution in [2.45, 2.75) is 18.7 Å². The first-order valence-electron chi connectivity index (χ1n) is 5.80. The van der Waals surface area contributed by atoms with E-state index in [1.54, 1.807) is 19.9 Å². The van der Waals surface area contributed by atoms with Crippen molar-refractivity contribution < 1.29 is 18.3 Å². The van der Waals surface area contributed by atoms with Crippen LogP contribution in [0.3, 0.4) is 0 Å². The van der Waals surface area contributed by atoms with E-state index in [1.165, 1.54) is 12.1 Å². The van der Waals surface area contributed by atoms with Crippen molar-refractivity contribution in [1.82, 2.24) is 10.2 Å². The SMILES string of the molecule is Cc1n[nH]c(C)c1S(=O)(=O)Nc1c(Br)cccc1C(=O)O. The fourth-order valence-corrected chi connectivity index (χ4v) is 4.00. The predicted octanol–water partition coefficient (Wildman–Crippen LogP) is 2.29. The number of H-pyrrole nitrogens is 1. The van der Waals surface area contributed by atoms with Crippen LogP contribution >= 0.6 is 15.9 Å². The summed E-state index contributed by atoms with van der Waals surface area (Å²) in [6.45, 7) is 3.13. The standard InChI is InChI=1S/C12H12BrN3O4S/c1-6-11(7(2)15-14-6)21(19,20)16-10-8(12(17)18)4-3-5-9(10)13/h3-5,16H,1-2H3,(H,14,15)(H,17,18). The maximum absolute atomic E-state index is 12.4.